The first-order chi connectivity index (χ1) is 5.33. The summed E-state index contributed by atoms with van der Waals surface area (Å²) in [6, 6.07) is 0. The van der Waals surface area contributed by atoms with E-state index in [9.17, 15) is 0 Å². The molecule has 1 fully saturated rings. The second-order valence-electron chi connectivity index (χ2n) is 3.68. The van der Waals surface area contributed by atoms with Gasteiger partial charge in [0.1, 0.15) is 0 Å². The molecule has 1 rings (SSSR count). The zero-order valence-electron chi connectivity index (χ0n) is 7.14. The Labute approximate surface area is 75.4 Å². The fourth-order valence-electron chi connectivity index (χ4n) is 2.03. The van der Waals surface area contributed by atoms with Crippen molar-refractivity contribution in [1.29, 1.82) is 0 Å². The first-order valence-electron chi connectivity index (χ1n) is 4.56. The van der Waals surface area contributed by atoms with Crippen molar-refractivity contribution in [2.75, 3.05) is 0 Å². The summed E-state index contributed by atoms with van der Waals surface area (Å²) in [4.78, 5) is 0. The van der Waals surface area contributed by atoms with Crippen molar-refractivity contribution in [2.24, 2.45) is 5.41 Å². The van der Waals surface area contributed by atoms with Crippen LogP contribution in [0.2, 0.25) is 0 Å². The molecule has 1 radical (unpaired) electrons. The van der Waals surface area contributed by atoms with Crippen molar-refractivity contribution < 1.29 is 0 Å². The van der Waals surface area contributed by atoms with E-state index in [1.54, 1.807) is 0 Å². The van der Waals surface area contributed by atoms with E-state index in [0.717, 1.165) is 12.8 Å². The Morgan fingerprint density at radius 1 is 1.27 bits per heavy atom. The maximum atomic E-state index is 4.92. The van der Waals surface area contributed by atoms with E-state index in [-0.39, 0.29) is 0 Å². The topological polar surface area (TPSA) is 0 Å². The van der Waals surface area contributed by atoms with E-state index in [4.69, 9.17) is 12.2 Å². The Balaban J connectivity index is 2.49. The van der Waals surface area contributed by atoms with Gasteiger partial charge in [0.15, 0.2) is 0 Å². The van der Waals surface area contributed by atoms with Crippen LogP contribution in [0.15, 0.2) is 0 Å². The maximum Gasteiger partial charge on any atom is -0.0188 e. The van der Waals surface area contributed by atoms with Gasteiger partial charge in [-0.2, -0.15) is 0 Å². The van der Waals surface area contributed by atoms with Gasteiger partial charge in [0, 0.05) is 0 Å². The van der Waals surface area contributed by atoms with Crippen molar-refractivity contribution in [2.45, 2.75) is 44.9 Å². The highest BCUT2D eigenvalue weighted by atomic mass is 32.1. The van der Waals surface area contributed by atoms with Gasteiger partial charge in [-0.25, -0.2) is 0 Å². The van der Waals surface area contributed by atoms with Crippen LogP contribution >= 0.6 is 12.2 Å². The van der Waals surface area contributed by atoms with Crippen molar-refractivity contribution in [3.8, 4) is 0 Å². The fourth-order valence-corrected chi connectivity index (χ4v) is 2.39. The summed E-state index contributed by atoms with van der Waals surface area (Å²) in [6.45, 7) is 4.03. The molecule has 0 bridgehead atoms. The predicted molar refractivity (Wildman–Crippen MR) is 53.8 cm³/mol. The minimum atomic E-state index is 0.500. The lowest BCUT2D eigenvalue weighted by molar-refractivity contribution is 0.202. The van der Waals surface area contributed by atoms with Crippen LogP contribution in [0.5, 0.6) is 0 Å². The Kier molecular flexibility index (Phi) is 3.50. The smallest absolute Gasteiger partial charge is 0.0188 e. The lowest BCUT2D eigenvalue weighted by Crippen LogP contribution is -2.23. The third-order valence-electron chi connectivity index (χ3n) is 2.96. The van der Waals surface area contributed by atoms with Gasteiger partial charge in [-0.3, -0.25) is 0 Å². The molecule has 1 saturated carbocycles. The molecule has 1 aliphatic rings. The summed E-state index contributed by atoms with van der Waals surface area (Å²) in [5.41, 5.74) is 0.500. The Hall–Kier alpha value is 0.0900. The molecule has 0 saturated heterocycles. The van der Waals surface area contributed by atoms with Gasteiger partial charge in [-0.05, 0) is 36.5 Å². The Morgan fingerprint density at radius 3 is 2.36 bits per heavy atom. The molecule has 11 heavy (non-hydrogen) atoms. The number of hydrogen-bond donors (Lipinski definition) is 0. The largest absolute Gasteiger partial charge is 0.0935 e. The molecule has 1 heteroatoms. The van der Waals surface area contributed by atoms with Crippen LogP contribution in [-0.2, 0) is 0 Å². The van der Waals surface area contributed by atoms with E-state index in [1.807, 2.05) is 5.37 Å². The van der Waals surface area contributed by atoms with Crippen LogP contribution in [0.25, 0.3) is 0 Å². The molecular weight excluding hydrogens is 152 g/mol. The second kappa shape index (κ2) is 4.20. The van der Waals surface area contributed by atoms with Crippen LogP contribution < -0.4 is 0 Å². The lowest BCUT2D eigenvalue weighted by Gasteiger charge is -2.35. The third kappa shape index (κ3) is 2.26. The summed E-state index contributed by atoms with van der Waals surface area (Å²) in [7, 11) is 0. The van der Waals surface area contributed by atoms with Crippen LogP contribution in [0, 0.1) is 12.3 Å². The quantitative estimate of drug-likeness (QED) is 0.582. The van der Waals surface area contributed by atoms with Gasteiger partial charge in [0.2, 0.25) is 0 Å². The highest BCUT2D eigenvalue weighted by Gasteiger charge is 2.28. The minimum Gasteiger partial charge on any atom is -0.0935 e. The Morgan fingerprint density at radius 2 is 1.91 bits per heavy atom. The standard InChI is InChI=1S/C10H17S/c1-2-10(8-9-11)6-4-3-5-7-10/h9H,1-8H2. The van der Waals surface area contributed by atoms with E-state index in [0.29, 0.717) is 5.41 Å². The summed E-state index contributed by atoms with van der Waals surface area (Å²) in [5.74, 6) is 0. The molecule has 0 N–H and O–H groups in total. The van der Waals surface area contributed by atoms with E-state index in [1.165, 1.54) is 32.1 Å². The average molecular weight is 169 g/mol. The molecule has 0 unspecified atom stereocenters. The van der Waals surface area contributed by atoms with Crippen molar-refractivity contribution in [3.05, 3.63) is 6.92 Å². The Bertz CT molecular complexity index is 123. The van der Waals surface area contributed by atoms with Crippen LogP contribution in [0.3, 0.4) is 0 Å². The number of hydrogen-bond acceptors (Lipinski definition) is 1. The van der Waals surface area contributed by atoms with Crippen LogP contribution in [-0.4, -0.2) is 5.37 Å². The second-order valence-corrected chi connectivity index (χ2v) is 4.01. The minimum absolute atomic E-state index is 0.500. The van der Waals surface area contributed by atoms with E-state index >= 15 is 0 Å². The summed E-state index contributed by atoms with van der Waals surface area (Å²) in [6.07, 6.45) is 9.07. The highest BCUT2D eigenvalue weighted by Crippen LogP contribution is 2.41. The highest BCUT2D eigenvalue weighted by molar-refractivity contribution is 7.78. The summed E-state index contributed by atoms with van der Waals surface area (Å²) >= 11 is 4.92. The first kappa shape index (κ1) is 9.18. The molecule has 0 atom stereocenters. The van der Waals surface area contributed by atoms with Gasteiger partial charge >= 0.3 is 0 Å². The summed E-state index contributed by atoms with van der Waals surface area (Å²) in [5, 5.41) is 1.90. The van der Waals surface area contributed by atoms with Gasteiger partial charge in [-0.1, -0.05) is 38.4 Å². The zero-order chi connectivity index (χ0) is 8.16. The van der Waals surface area contributed by atoms with Crippen LogP contribution in [0.4, 0.5) is 0 Å². The van der Waals surface area contributed by atoms with Gasteiger partial charge in [-0.15, -0.1) is 0 Å². The third-order valence-corrected chi connectivity index (χ3v) is 3.13. The molecule has 0 heterocycles. The van der Waals surface area contributed by atoms with E-state index in [2.05, 4.69) is 6.92 Å². The lowest BCUT2D eigenvalue weighted by atomic mass is 9.70. The monoisotopic (exact) mass is 169 g/mol. The zero-order valence-corrected chi connectivity index (χ0v) is 7.96. The molecule has 0 spiro atoms. The molecule has 1 aliphatic carbocycles. The molecular formula is C10H17S. The molecule has 0 aromatic carbocycles. The van der Waals surface area contributed by atoms with Gasteiger partial charge in [0.25, 0.3) is 0 Å². The molecule has 63 valence electrons. The summed E-state index contributed by atoms with van der Waals surface area (Å²) < 4.78 is 0. The van der Waals surface area contributed by atoms with Gasteiger partial charge in [0.05, 0.1) is 0 Å². The molecule has 0 nitrogen and oxygen atoms in total. The molecule has 0 amide bonds. The number of rotatable bonds is 3. The van der Waals surface area contributed by atoms with Crippen molar-refractivity contribution in [3.63, 3.8) is 0 Å². The van der Waals surface area contributed by atoms with Gasteiger partial charge < -0.3 is 0 Å². The maximum absolute atomic E-state index is 4.92. The number of thiocarbonyl (C=S) groups is 1. The molecule has 0 aromatic rings. The predicted octanol–water partition coefficient (Wildman–Crippen LogP) is 3.55. The van der Waals surface area contributed by atoms with Crippen LogP contribution in [0.1, 0.15) is 44.9 Å². The SMILES string of the molecule is [CH2]CC1(CC=S)CCCCC1. The average Bonchev–Trinajstić information content (AvgIpc) is 2.07. The first-order valence-corrected chi connectivity index (χ1v) is 5.03. The normalized spacial score (nSPS) is 23.0. The van der Waals surface area contributed by atoms with Crippen molar-refractivity contribution >= 4 is 17.6 Å². The van der Waals surface area contributed by atoms with Crippen molar-refractivity contribution in [1.82, 2.24) is 0 Å². The molecule has 0 aliphatic heterocycles. The van der Waals surface area contributed by atoms with E-state index < -0.39 is 0 Å². The fraction of sp³-hybridized carbons (Fsp3) is 0.800. The molecule has 0 aromatic heterocycles.